The van der Waals surface area contributed by atoms with Crippen molar-refractivity contribution in [2.24, 2.45) is 0 Å². The molecule has 0 N–H and O–H groups in total. The molecule has 86 valence electrons. The van der Waals surface area contributed by atoms with Gasteiger partial charge in [0.2, 0.25) is 0 Å². The van der Waals surface area contributed by atoms with Crippen LogP contribution in [0.5, 0.6) is 5.75 Å². The van der Waals surface area contributed by atoms with Crippen LogP contribution in [0, 0.1) is 10.1 Å². The van der Waals surface area contributed by atoms with Crippen molar-refractivity contribution in [1.82, 2.24) is 0 Å². The number of nitro benzene ring substituents is 1. The minimum absolute atomic E-state index is 0.0292. The van der Waals surface area contributed by atoms with Crippen LogP contribution in [0.15, 0.2) is 48.5 Å². The molecule has 0 aromatic heterocycles. The van der Waals surface area contributed by atoms with Crippen molar-refractivity contribution in [1.29, 1.82) is 0 Å². The molecular formula is C13H11NO3. The van der Waals surface area contributed by atoms with Gasteiger partial charge in [0.05, 0.1) is 18.1 Å². The summed E-state index contributed by atoms with van der Waals surface area (Å²) in [4.78, 5) is 10.2. The van der Waals surface area contributed by atoms with Gasteiger partial charge in [-0.1, -0.05) is 30.3 Å². The van der Waals surface area contributed by atoms with Crippen molar-refractivity contribution in [3.05, 3.63) is 58.6 Å². The molecule has 0 aliphatic carbocycles. The first-order valence-corrected chi connectivity index (χ1v) is 5.10. The lowest BCUT2D eigenvalue weighted by molar-refractivity contribution is -0.384. The second-order valence-corrected chi connectivity index (χ2v) is 3.51. The Bertz CT molecular complexity index is 538. The van der Waals surface area contributed by atoms with E-state index in [9.17, 15) is 10.1 Å². The molecule has 0 aliphatic rings. The maximum Gasteiger partial charge on any atom is 0.273 e. The molecule has 0 amide bonds. The van der Waals surface area contributed by atoms with Crippen LogP contribution in [0.2, 0.25) is 0 Å². The maximum atomic E-state index is 10.7. The number of nitrogens with zero attached hydrogens (tertiary/aromatic N) is 1. The zero-order valence-corrected chi connectivity index (χ0v) is 9.29. The molecular weight excluding hydrogens is 218 g/mol. The maximum absolute atomic E-state index is 10.7. The molecule has 2 aromatic rings. The third kappa shape index (κ3) is 2.25. The Balaban J connectivity index is 2.52. The third-order valence-electron chi connectivity index (χ3n) is 2.48. The highest BCUT2D eigenvalue weighted by atomic mass is 16.6. The van der Waals surface area contributed by atoms with Gasteiger partial charge < -0.3 is 4.74 Å². The zero-order chi connectivity index (χ0) is 12.3. The van der Waals surface area contributed by atoms with Gasteiger partial charge in [-0.3, -0.25) is 10.1 Å². The molecule has 4 nitrogen and oxygen atoms in total. The highest BCUT2D eigenvalue weighted by molar-refractivity contribution is 5.72. The van der Waals surface area contributed by atoms with Gasteiger partial charge in [-0.05, 0) is 11.6 Å². The van der Waals surface area contributed by atoms with E-state index in [1.807, 2.05) is 30.3 Å². The molecule has 17 heavy (non-hydrogen) atoms. The summed E-state index contributed by atoms with van der Waals surface area (Å²) in [5.74, 6) is 0.505. The first-order valence-electron chi connectivity index (χ1n) is 5.10. The third-order valence-corrected chi connectivity index (χ3v) is 2.48. The van der Waals surface area contributed by atoms with Crippen LogP contribution in [0.25, 0.3) is 11.1 Å². The van der Waals surface area contributed by atoms with Crippen LogP contribution in [-0.2, 0) is 0 Å². The normalized spacial score (nSPS) is 9.94. The van der Waals surface area contributed by atoms with Gasteiger partial charge in [0.25, 0.3) is 5.69 Å². The second kappa shape index (κ2) is 4.65. The SMILES string of the molecule is COc1cc([N+](=O)[O-])ccc1-c1ccccc1. The van der Waals surface area contributed by atoms with Crippen LogP contribution >= 0.6 is 0 Å². The Morgan fingerprint density at radius 3 is 2.41 bits per heavy atom. The monoisotopic (exact) mass is 229 g/mol. The standard InChI is InChI=1S/C13H11NO3/c1-17-13-9-11(14(15)16)7-8-12(13)10-5-3-2-4-6-10/h2-9H,1H3. The minimum Gasteiger partial charge on any atom is -0.496 e. The van der Waals surface area contributed by atoms with Gasteiger partial charge in [-0.15, -0.1) is 0 Å². The predicted molar refractivity (Wildman–Crippen MR) is 65.1 cm³/mol. The van der Waals surface area contributed by atoms with E-state index < -0.39 is 4.92 Å². The number of ether oxygens (including phenoxy) is 1. The fraction of sp³-hybridized carbons (Fsp3) is 0.0769. The Kier molecular flexibility index (Phi) is 3.05. The van der Waals surface area contributed by atoms with E-state index >= 15 is 0 Å². The summed E-state index contributed by atoms with van der Waals surface area (Å²) >= 11 is 0. The second-order valence-electron chi connectivity index (χ2n) is 3.51. The summed E-state index contributed by atoms with van der Waals surface area (Å²) < 4.78 is 5.19. The smallest absolute Gasteiger partial charge is 0.273 e. The molecule has 0 unspecified atom stereocenters. The summed E-state index contributed by atoms with van der Waals surface area (Å²) in [6.07, 6.45) is 0. The fourth-order valence-electron chi connectivity index (χ4n) is 1.65. The number of non-ortho nitro benzene ring substituents is 1. The first-order chi connectivity index (χ1) is 8.22. The summed E-state index contributed by atoms with van der Waals surface area (Å²) in [7, 11) is 1.51. The summed E-state index contributed by atoms with van der Waals surface area (Å²) in [5, 5.41) is 10.7. The minimum atomic E-state index is -0.433. The number of hydrogen-bond donors (Lipinski definition) is 0. The van der Waals surface area contributed by atoms with E-state index in [1.54, 1.807) is 6.07 Å². The number of nitro groups is 1. The summed E-state index contributed by atoms with van der Waals surface area (Å²) in [6, 6.07) is 14.2. The fourth-order valence-corrected chi connectivity index (χ4v) is 1.65. The van der Waals surface area contributed by atoms with E-state index in [1.165, 1.54) is 19.2 Å². The Hall–Kier alpha value is -2.36. The lowest BCUT2D eigenvalue weighted by atomic mass is 10.0. The van der Waals surface area contributed by atoms with E-state index in [-0.39, 0.29) is 5.69 Å². The highest BCUT2D eigenvalue weighted by Gasteiger charge is 2.12. The molecule has 2 rings (SSSR count). The van der Waals surface area contributed by atoms with Gasteiger partial charge >= 0.3 is 0 Å². The van der Waals surface area contributed by atoms with E-state index in [0.29, 0.717) is 5.75 Å². The molecule has 0 aliphatic heterocycles. The molecule has 0 atom stereocenters. The number of hydrogen-bond acceptors (Lipinski definition) is 3. The average Bonchev–Trinajstić information content (AvgIpc) is 2.39. The Morgan fingerprint density at radius 2 is 1.82 bits per heavy atom. The topological polar surface area (TPSA) is 52.4 Å². The van der Waals surface area contributed by atoms with Crippen LogP contribution in [0.4, 0.5) is 5.69 Å². The zero-order valence-electron chi connectivity index (χ0n) is 9.29. The summed E-state index contributed by atoms with van der Waals surface area (Å²) in [6.45, 7) is 0. The van der Waals surface area contributed by atoms with E-state index in [0.717, 1.165) is 11.1 Å². The molecule has 4 heteroatoms. The molecule has 0 saturated heterocycles. The van der Waals surface area contributed by atoms with Crippen molar-refractivity contribution in [3.63, 3.8) is 0 Å². The lowest BCUT2D eigenvalue weighted by Crippen LogP contribution is -1.92. The molecule has 0 fully saturated rings. The van der Waals surface area contributed by atoms with E-state index in [4.69, 9.17) is 4.74 Å². The molecule has 0 bridgehead atoms. The molecule has 0 saturated carbocycles. The number of methoxy groups -OCH3 is 1. The van der Waals surface area contributed by atoms with Gasteiger partial charge in [0, 0.05) is 11.6 Å². The Labute approximate surface area is 98.6 Å². The van der Waals surface area contributed by atoms with Crippen LogP contribution in [0.3, 0.4) is 0 Å². The number of benzene rings is 2. The van der Waals surface area contributed by atoms with E-state index in [2.05, 4.69) is 0 Å². The first kappa shape index (κ1) is 11.1. The van der Waals surface area contributed by atoms with Crippen molar-refractivity contribution in [3.8, 4) is 16.9 Å². The summed E-state index contributed by atoms with van der Waals surface area (Å²) in [5.41, 5.74) is 1.85. The highest BCUT2D eigenvalue weighted by Crippen LogP contribution is 2.32. The van der Waals surface area contributed by atoms with Crippen molar-refractivity contribution < 1.29 is 9.66 Å². The largest absolute Gasteiger partial charge is 0.496 e. The molecule has 0 heterocycles. The molecule has 2 aromatic carbocycles. The van der Waals surface area contributed by atoms with Gasteiger partial charge in [-0.2, -0.15) is 0 Å². The van der Waals surface area contributed by atoms with Crippen molar-refractivity contribution >= 4 is 5.69 Å². The van der Waals surface area contributed by atoms with Gasteiger partial charge in [0.15, 0.2) is 0 Å². The number of rotatable bonds is 3. The molecule has 0 radical (unpaired) electrons. The molecule has 0 spiro atoms. The lowest BCUT2D eigenvalue weighted by Gasteiger charge is -2.08. The van der Waals surface area contributed by atoms with Crippen LogP contribution < -0.4 is 4.74 Å². The quantitative estimate of drug-likeness (QED) is 0.599. The van der Waals surface area contributed by atoms with Crippen LogP contribution in [0.1, 0.15) is 0 Å². The van der Waals surface area contributed by atoms with Crippen molar-refractivity contribution in [2.75, 3.05) is 7.11 Å². The Morgan fingerprint density at radius 1 is 1.12 bits per heavy atom. The van der Waals surface area contributed by atoms with Crippen molar-refractivity contribution in [2.45, 2.75) is 0 Å². The average molecular weight is 229 g/mol. The van der Waals surface area contributed by atoms with Crippen LogP contribution in [-0.4, -0.2) is 12.0 Å². The van der Waals surface area contributed by atoms with Gasteiger partial charge in [-0.25, -0.2) is 0 Å². The predicted octanol–water partition coefficient (Wildman–Crippen LogP) is 3.27. The van der Waals surface area contributed by atoms with Gasteiger partial charge in [0.1, 0.15) is 5.75 Å².